The number of anilines is 1. The molecule has 2 aromatic rings. The first kappa shape index (κ1) is 22.3. The lowest BCUT2D eigenvalue weighted by atomic mass is 9.96. The first-order valence-corrected chi connectivity index (χ1v) is 10.6. The summed E-state index contributed by atoms with van der Waals surface area (Å²) in [7, 11) is 0. The Morgan fingerprint density at radius 3 is 2.42 bits per heavy atom. The topological polar surface area (TPSA) is 106 Å². The minimum Gasteiger partial charge on any atom is -0.461 e. The van der Waals surface area contributed by atoms with Crippen molar-refractivity contribution in [1.29, 1.82) is 0 Å². The Bertz CT molecular complexity index is 914. The van der Waals surface area contributed by atoms with Crippen LogP contribution in [0.1, 0.15) is 44.1 Å². The molecule has 2 heterocycles. The molecule has 31 heavy (non-hydrogen) atoms. The van der Waals surface area contributed by atoms with E-state index in [1.807, 2.05) is 13.8 Å². The van der Waals surface area contributed by atoms with Crippen molar-refractivity contribution in [2.75, 3.05) is 25.0 Å². The highest BCUT2D eigenvalue weighted by Crippen LogP contribution is 2.19. The number of nitrogens with zero attached hydrogens (tertiary/aromatic N) is 3. The Morgan fingerprint density at radius 1 is 1.13 bits per heavy atom. The molecule has 0 aliphatic carbocycles. The molecular formula is C22H29N5O4. The molecule has 0 spiro atoms. The second-order valence-corrected chi connectivity index (χ2v) is 7.77. The number of esters is 1. The Labute approximate surface area is 181 Å². The van der Waals surface area contributed by atoms with Crippen molar-refractivity contribution >= 4 is 23.6 Å². The van der Waals surface area contributed by atoms with Crippen molar-refractivity contribution < 1.29 is 19.1 Å². The van der Waals surface area contributed by atoms with Gasteiger partial charge in [-0.2, -0.15) is 5.10 Å². The predicted octanol–water partition coefficient (Wildman–Crippen LogP) is 2.82. The van der Waals surface area contributed by atoms with Crippen LogP contribution in [0.4, 0.5) is 10.5 Å². The number of carbonyl (C=O) groups excluding carboxylic acids is 3. The molecular weight excluding hydrogens is 398 g/mol. The van der Waals surface area contributed by atoms with E-state index >= 15 is 0 Å². The summed E-state index contributed by atoms with van der Waals surface area (Å²) in [6.45, 7) is 7.01. The van der Waals surface area contributed by atoms with Gasteiger partial charge < -0.3 is 20.3 Å². The van der Waals surface area contributed by atoms with Crippen LogP contribution in [0.25, 0.3) is 5.69 Å². The van der Waals surface area contributed by atoms with Gasteiger partial charge in [-0.1, -0.05) is 0 Å². The number of ether oxygens (including phenoxy) is 1. The number of nitrogens with one attached hydrogen (secondary N) is 2. The van der Waals surface area contributed by atoms with Crippen molar-refractivity contribution in [2.24, 2.45) is 5.92 Å². The third kappa shape index (κ3) is 5.84. The summed E-state index contributed by atoms with van der Waals surface area (Å²) in [4.78, 5) is 38.2. The van der Waals surface area contributed by atoms with E-state index in [2.05, 4.69) is 15.7 Å². The lowest BCUT2D eigenvalue weighted by molar-refractivity contribution is -0.126. The minimum absolute atomic E-state index is 0.0423. The summed E-state index contributed by atoms with van der Waals surface area (Å²) in [5.41, 5.74) is 1.65. The predicted molar refractivity (Wildman–Crippen MR) is 116 cm³/mol. The molecule has 9 heteroatoms. The van der Waals surface area contributed by atoms with Crippen LogP contribution in [0.15, 0.2) is 36.5 Å². The van der Waals surface area contributed by atoms with Gasteiger partial charge in [-0.25, -0.2) is 14.3 Å². The van der Waals surface area contributed by atoms with E-state index in [0.717, 1.165) is 5.69 Å². The minimum atomic E-state index is -0.462. The monoisotopic (exact) mass is 427 g/mol. The molecule has 1 aromatic heterocycles. The molecule has 0 radical (unpaired) electrons. The number of hydrogen-bond donors (Lipinski definition) is 2. The third-order valence-electron chi connectivity index (χ3n) is 5.04. The number of benzene rings is 1. The zero-order valence-corrected chi connectivity index (χ0v) is 18.1. The van der Waals surface area contributed by atoms with E-state index in [1.165, 1.54) is 0 Å². The number of hydrogen-bond acceptors (Lipinski definition) is 5. The molecule has 1 aromatic carbocycles. The molecule has 9 nitrogen and oxygen atoms in total. The quantitative estimate of drug-likeness (QED) is 0.690. The van der Waals surface area contributed by atoms with Crippen LogP contribution in [0, 0.1) is 5.92 Å². The summed E-state index contributed by atoms with van der Waals surface area (Å²) < 4.78 is 6.52. The average Bonchev–Trinajstić information content (AvgIpc) is 3.24. The van der Waals surface area contributed by atoms with Gasteiger partial charge in [-0.05, 0) is 63.9 Å². The second-order valence-electron chi connectivity index (χ2n) is 7.77. The van der Waals surface area contributed by atoms with Gasteiger partial charge in [0.1, 0.15) is 0 Å². The molecule has 0 atom stereocenters. The van der Waals surface area contributed by atoms with E-state index in [9.17, 15) is 14.4 Å². The third-order valence-corrected chi connectivity index (χ3v) is 5.04. The number of likely N-dealkylation sites (tertiary alicyclic amines) is 1. The number of amides is 3. The highest BCUT2D eigenvalue weighted by Gasteiger charge is 2.27. The first-order chi connectivity index (χ1) is 14.9. The van der Waals surface area contributed by atoms with Crippen LogP contribution in [0.2, 0.25) is 0 Å². The summed E-state index contributed by atoms with van der Waals surface area (Å²) in [5.74, 6) is -0.440. The number of carbonyl (C=O) groups is 3. The molecule has 1 saturated heterocycles. The van der Waals surface area contributed by atoms with Gasteiger partial charge in [-0.15, -0.1) is 0 Å². The molecule has 0 bridgehead atoms. The highest BCUT2D eigenvalue weighted by atomic mass is 16.5. The van der Waals surface area contributed by atoms with Crippen molar-refractivity contribution in [3.05, 3.63) is 42.2 Å². The summed E-state index contributed by atoms with van der Waals surface area (Å²) in [6, 6.07) is 8.71. The lowest BCUT2D eigenvalue weighted by Gasteiger charge is -2.31. The van der Waals surface area contributed by atoms with Gasteiger partial charge >= 0.3 is 12.0 Å². The fraction of sp³-hybridized carbons (Fsp3) is 0.455. The SMILES string of the molecule is CCOC(=O)c1ccn(-c2ccc(NC(=O)N3CCC(C(=O)NC(C)C)CC3)cc2)n1. The van der Waals surface area contributed by atoms with Crippen molar-refractivity contribution in [2.45, 2.75) is 39.7 Å². The van der Waals surface area contributed by atoms with E-state index in [1.54, 1.807) is 53.0 Å². The maximum Gasteiger partial charge on any atom is 0.358 e. The molecule has 2 N–H and O–H groups in total. The summed E-state index contributed by atoms with van der Waals surface area (Å²) in [6.07, 6.45) is 3.00. The standard InChI is InChI=1S/C22H29N5O4/c1-4-31-21(29)19-11-14-27(25-19)18-7-5-17(6-8-18)24-22(30)26-12-9-16(10-13-26)20(28)23-15(2)3/h5-8,11,14-16H,4,9-10,12-13H2,1-3H3,(H,23,28)(H,24,30). The van der Waals surface area contributed by atoms with Gasteiger partial charge in [0.05, 0.1) is 12.3 Å². The van der Waals surface area contributed by atoms with Crippen LogP contribution in [-0.2, 0) is 9.53 Å². The Morgan fingerprint density at radius 2 is 1.81 bits per heavy atom. The Balaban J connectivity index is 1.53. The van der Waals surface area contributed by atoms with Gasteiger partial charge in [-0.3, -0.25) is 4.79 Å². The summed E-state index contributed by atoms with van der Waals surface area (Å²) >= 11 is 0. The number of urea groups is 1. The van der Waals surface area contributed by atoms with Crippen LogP contribution in [-0.4, -0.2) is 58.3 Å². The van der Waals surface area contributed by atoms with Crippen molar-refractivity contribution in [3.63, 3.8) is 0 Å². The molecule has 3 rings (SSSR count). The molecule has 1 aliphatic heterocycles. The van der Waals surface area contributed by atoms with Crippen molar-refractivity contribution in [1.82, 2.24) is 20.0 Å². The molecule has 166 valence electrons. The number of piperidine rings is 1. The Hall–Kier alpha value is -3.36. The number of aromatic nitrogens is 2. The van der Waals surface area contributed by atoms with Crippen molar-refractivity contribution in [3.8, 4) is 5.69 Å². The van der Waals surface area contributed by atoms with Gasteiger partial charge in [0.15, 0.2) is 5.69 Å². The lowest BCUT2D eigenvalue weighted by Crippen LogP contribution is -2.45. The Kier molecular flexibility index (Phi) is 7.28. The smallest absolute Gasteiger partial charge is 0.358 e. The van der Waals surface area contributed by atoms with Crippen LogP contribution >= 0.6 is 0 Å². The maximum atomic E-state index is 12.6. The van der Waals surface area contributed by atoms with E-state index in [4.69, 9.17) is 4.74 Å². The fourth-order valence-corrected chi connectivity index (χ4v) is 3.43. The highest BCUT2D eigenvalue weighted by molar-refractivity contribution is 5.90. The first-order valence-electron chi connectivity index (χ1n) is 10.6. The van der Waals surface area contributed by atoms with Crippen LogP contribution in [0.3, 0.4) is 0 Å². The van der Waals surface area contributed by atoms with Gasteiger partial charge in [0.2, 0.25) is 5.91 Å². The van der Waals surface area contributed by atoms with Gasteiger partial charge in [0, 0.05) is 36.9 Å². The fourth-order valence-electron chi connectivity index (χ4n) is 3.43. The molecule has 1 aliphatic rings. The van der Waals surface area contributed by atoms with E-state index < -0.39 is 5.97 Å². The van der Waals surface area contributed by atoms with Crippen LogP contribution in [0.5, 0.6) is 0 Å². The largest absolute Gasteiger partial charge is 0.461 e. The van der Waals surface area contributed by atoms with Gasteiger partial charge in [0.25, 0.3) is 0 Å². The molecule has 3 amide bonds. The van der Waals surface area contributed by atoms with E-state index in [0.29, 0.717) is 38.2 Å². The molecule has 1 fully saturated rings. The zero-order chi connectivity index (χ0) is 22.4. The maximum absolute atomic E-state index is 12.6. The van der Waals surface area contributed by atoms with Crippen LogP contribution < -0.4 is 10.6 Å². The molecule has 0 saturated carbocycles. The number of rotatable bonds is 6. The molecule has 0 unspecified atom stereocenters. The zero-order valence-electron chi connectivity index (χ0n) is 18.1. The average molecular weight is 428 g/mol. The van der Waals surface area contributed by atoms with E-state index in [-0.39, 0.29) is 29.6 Å². The normalized spacial score (nSPS) is 14.4. The summed E-state index contributed by atoms with van der Waals surface area (Å²) in [5, 5.41) is 10.0. The second kappa shape index (κ2) is 10.1.